The molecule has 2 aliphatic rings. The molecule has 3 atom stereocenters. The zero-order chi connectivity index (χ0) is 14.1. The van der Waals surface area contributed by atoms with Gasteiger partial charge in [-0.25, -0.2) is 4.98 Å². The number of aliphatic hydroxyl groups is 1. The molecule has 0 aliphatic carbocycles. The lowest BCUT2D eigenvalue weighted by molar-refractivity contribution is -0.124. The summed E-state index contributed by atoms with van der Waals surface area (Å²) in [5, 5.41) is 12.8. The number of hydrogen-bond donors (Lipinski definition) is 2. The normalized spacial score (nSPS) is 27.7. The van der Waals surface area contributed by atoms with Gasteiger partial charge in [0.15, 0.2) is 0 Å². The number of fused-ring (bicyclic) bond motifs is 1. The highest BCUT2D eigenvalue weighted by Crippen LogP contribution is 2.28. The van der Waals surface area contributed by atoms with E-state index >= 15 is 0 Å². The molecule has 20 heavy (non-hydrogen) atoms. The van der Waals surface area contributed by atoms with Crippen LogP contribution in [0.4, 0.5) is 5.82 Å². The summed E-state index contributed by atoms with van der Waals surface area (Å²) in [4.78, 5) is 18.1. The van der Waals surface area contributed by atoms with Crippen LogP contribution in [0.3, 0.4) is 0 Å². The summed E-state index contributed by atoms with van der Waals surface area (Å²) < 4.78 is 0. The van der Waals surface area contributed by atoms with Gasteiger partial charge in [0.05, 0.1) is 6.10 Å². The number of carbonyl (C=O) groups is 1. The van der Waals surface area contributed by atoms with E-state index < -0.39 is 6.10 Å². The van der Waals surface area contributed by atoms with Gasteiger partial charge in [-0.3, -0.25) is 4.79 Å². The molecule has 3 heterocycles. The summed E-state index contributed by atoms with van der Waals surface area (Å²) in [6, 6.07) is 4.14. The molecule has 1 aromatic rings. The minimum absolute atomic E-state index is 0.189. The molecule has 2 aliphatic heterocycles. The summed E-state index contributed by atoms with van der Waals surface area (Å²) in [6.45, 7) is 3.60. The third-order valence-electron chi connectivity index (χ3n) is 4.40. The van der Waals surface area contributed by atoms with Crippen molar-refractivity contribution < 1.29 is 9.90 Å². The van der Waals surface area contributed by atoms with Gasteiger partial charge in [0.1, 0.15) is 5.82 Å². The molecule has 0 aromatic carbocycles. The number of aliphatic hydroxyl groups excluding tert-OH is 1. The molecule has 0 spiro atoms. The van der Waals surface area contributed by atoms with E-state index in [1.54, 1.807) is 13.1 Å². The smallest absolute Gasteiger partial charge is 0.220 e. The Balaban J connectivity index is 1.73. The zero-order valence-corrected chi connectivity index (χ0v) is 11.7. The second-order valence-electron chi connectivity index (χ2n) is 5.83. The van der Waals surface area contributed by atoms with Gasteiger partial charge in [-0.1, -0.05) is 0 Å². The van der Waals surface area contributed by atoms with Crippen LogP contribution in [0.5, 0.6) is 0 Å². The Hall–Kier alpha value is -1.62. The molecular formula is C15H21N3O2. The summed E-state index contributed by atoms with van der Waals surface area (Å²) in [5.74, 6) is 1.63. The number of pyridine rings is 1. The molecular weight excluding hydrogens is 254 g/mol. The molecule has 0 bridgehead atoms. The highest BCUT2D eigenvalue weighted by molar-refractivity contribution is 5.77. The van der Waals surface area contributed by atoms with E-state index in [2.05, 4.69) is 15.2 Å². The second kappa shape index (κ2) is 5.40. The first-order chi connectivity index (χ1) is 9.63. The Morgan fingerprint density at radius 3 is 3.15 bits per heavy atom. The Kier molecular flexibility index (Phi) is 3.61. The van der Waals surface area contributed by atoms with Gasteiger partial charge in [-0.05, 0) is 43.4 Å². The zero-order valence-electron chi connectivity index (χ0n) is 11.7. The fourth-order valence-electron chi connectivity index (χ4n) is 3.19. The summed E-state index contributed by atoms with van der Waals surface area (Å²) in [6.07, 6.45) is 3.85. The number of aromatic nitrogens is 1. The minimum Gasteiger partial charge on any atom is -0.389 e. The monoisotopic (exact) mass is 275 g/mol. The van der Waals surface area contributed by atoms with Crippen molar-refractivity contribution in [2.75, 3.05) is 18.0 Å². The third-order valence-corrected chi connectivity index (χ3v) is 4.40. The fourth-order valence-corrected chi connectivity index (χ4v) is 3.19. The fraction of sp³-hybridized carbons (Fsp3) is 0.600. The first kappa shape index (κ1) is 13.4. The summed E-state index contributed by atoms with van der Waals surface area (Å²) in [7, 11) is 0. The molecule has 0 saturated carbocycles. The van der Waals surface area contributed by atoms with Crippen LogP contribution in [-0.4, -0.2) is 35.1 Å². The SMILES string of the molecule is C[C@@H](O)c1ccnc(N2CCC3NC(=O)CCC3C2)c1. The first-order valence-corrected chi connectivity index (χ1v) is 7.32. The van der Waals surface area contributed by atoms with Crippen LogP contribution < -0.4 is 10.2 Å². The van der Waals surface area contributed by atoms with Crippen LogP contribution in [-0.2, 0) is 4.79 Å². The number of carbonyl (C=O) groups excluding carboxylic acids is 1. The van der Waals surface area contributed by atoms with Gasteiger partial charge in [-0.2, -0.15) is 0 Å². The van der Waals surface area contributed by atoms with Crippen LogP contribution in [0.2, 0.25) is 0 Å². The van der Waals surface area contributed by atoms with E-state index in [0.29, 0.717) is 18.4 Å². The van der Waals surface area contributed by atoms with Crippen LogP contribution in [0.25, 0.3) is 0 Å². The Morgan fingerprint density at radius 1 is 1.50 bits per heavy atom. The number of anilines is 1. The predicted molar refractivity (Wildman–Crippen MR) is 76.4 cm³/mol. The van der Waals surface area contributed by atoms with Crippen molar-refractivity contribution in [3.8, 4) is 0 Å². The van der Waals surface area contributed by atoms with E-state index in [9.17, 15) is 9.90 Å². The topological polar surface area (TPSA) is 65.5 Å². The predicted octanol–water partition coefficient (Wildman–Crippen LogP) is 1.24. The van der Waals surface area contributed by atoms with E-state index in [1.807, 2.05) is 12.1 Å². The largest absolute Gasteiger partial charge is 0.389 e. The maximum Gasteiger partial charge on any atom is 0.220 e. The molecule has 108 valence electrons. The Labute approximate surface area is 119 Å². The number of nitrogens with zero attached hydrogens (tertiary/aromatic N) is 2. The van der Waals surface area contributed by atoms with Crippen LogP contribution in [0.1, 0.15) is 37.9 Å². The molecule has 1 amide bonds. The van der Waals surface area contributed by atoms with Gasteiger partial charge >= 0.3 is 0 Å². The van der Waals surface area contributed by atoms with Gasteiger partial charge in [0, 0.05) is 31.7 Å². The lowest BCUT2D eigenvalue weighted by Crippen LogP contribution is -2.54. The van der Waals surface area contributed by atoms with Crippen LogP contribution >= 0.6 is 0 Å². The van der Waals surface area contributed by atoms with Gasteiger partial charge in [0.2, 0.25) is 5.91 Å². The average molecular weight is 275 g/mol. The number of amides is 1. The lowest BCUT2D eigenvalue weighted by atomic mass is 9.85. The second-order valence-corrected chi connectivity index (χ2v) is 5.83. The van der Waals surface area contributed by atoms with Crippen LogP contribution in [0, 0.1) is 5.92 Å². The molecule has 0 radical (unpaired) electrons. The van der Waals surface area contributed by atoms with Crippen molar-refractivity contribution in [2.45, 2.75) is 38.3 Å². The molecule has 5 heteroatoms. The Bertz CT molecular complexity index is 504. The average Bonchev–Trinajstić information content (AvgIpc) is 2.47. The van der Waals surface area contributed by atoms with Gasteiger partial charge in [0.25, 0.3) is 0 Å². The van der Waals surface area contributed by atoms with Crippen molar-refractivity contribution in [2.24, 2.45) is 5.92 Å². The lowest BCUT2D eigenvalue weighted by Gasteiger charge is -2.42. The van der Waals surface area contributed by atoms with Crippen molar-refractivity contribution in [1.82, 2.24) is 10.3 Å². The van der Waals surface area contributed by atoms with Crippen LogP contribution in [0.15, 0.2) is 18.3 Å². The van der Waals surface area contributed by atoms with E-state index in [4.69, 9.17) is 0 Å². The van der Waals surface area contributed by atoms with Crippen molar-refractivity contribution in [3.63, 3.8) is 0 Å². The molecule has 2 unspecified atom stereocenters. The third kappa shape index (κ3) is 2.63. The minimum atomic E-state index is -0.469. The maximum absolute atomic E-state index is 11.4. The quantitative estimate of drug-likeness (QED) is 0.852. The van der Waals surface area contributed by atoms with Gasteiger partial charge in [-0.15, -0.1) is 0 Å². The van der Waals surface area contributed by atoms with E-state index in [-0.39, 0.29) is 5.91 Å². The van der Waals surface area contributed by atoms with E-state index in [1.165, 1.54) is 0 Å². The molecule has 1 aromatic heterocycles. The van der Waals surface area contributed by atoms with Crippen molar-refractivity contribution in [1.29, 1.82) is 0 Å². The summed E-state index contributed by atoms with van der Waals surface area (Å²) >= 11 is 0. The number of nitrogens with one attached hydrogen (secondary N) is 1. The van der Waals surface area contributed by atoms with Crippen molar-refractivity contribution >= 4 is 11.7 Å². The maximum atomic E-state index is 11.4. The molecule has 2 N–H and O–H groups in total. The summed E-state index contributed by atoms with van der Waals surface area (Å²) in [5.41, 5.74) is 0.897. The number of rotatable bonds is 2. The Morgan fingerprint density at radius 2 is 2.35 bits per heavy atom. The number of piperidine rings is 2. The standard InChI is InChI=1S/C15H21N3O2/c1-10(19)11-4-6-16-14(8-11)18-7-5-13-12(9-18)2-3-15(20)17-13/h4,6,8,10,12-13,19H,2-3,5,7,9H2,1H3,(H,17,20)/t10-,12?,13?/m1/s1. The van der Waals surface area contributed by atoms with Crippen molar-refractivity contribution in [3.05, 3.63) is 23.9 Å². The van der Waals surface area contributed by atoms with Gasteiger partial charge < -0.3 is 15.3 Å². The molecule has 5 nitrogen and oxygen atoms in total. The van der Waals surface area contributed by atoms with E-state index in [0.717, 1.165) is 37.3 Å². The molecule has 3 rings (SSSR count). The highest BCUT2D eigenvalue weighted by Gasteiger charge is 2.34. The number of hydrogen-bond acceptors (Lipinski definition) is 4. The first-order valence-electron chi connectivity index (χ1n) is 7.32. The molecule has 2 saturated heterocycles. The highest BCUT2D eigenvalue weighted by atomic mass is 16.3. The molecule has 2 fully saturated rings.